The van der Waals surface area contributed by atoms with Crippen LogP contribution in [-0.2, 0) is 11.2 Å². The van der Waals surface area contributed by atoms with Gasteiger partial charge >= 0.3 is 0 Å². The van der Waals surface area contributed by atoms with Gasteiger partial charge in [0.05, 0.1) is 6.54 Å². The van der Waals surface area contributed by atoms with E-state index >= 15 is 0 Å². The van der Waals surface area contributed by atoms with Crippen molar-refractivity contribution >= 4 is 5.78 Å². The maximum atomic E-state index is 13.4. The van der Waals surface area contributed by atoms with Crippen molar-refractivity contribution in [1.82, 2.24) is 10.2 Å². The van der Waals surface area contributed by atoms with E-state index in [1.807, 2.05) is 4.90 Å². The molecule has 1 aliphatic rings. The molecule has 3 nitrogen and oxygen atoms in total. The second-order valence-electron chi connectivity index (χ2n) is 4.80. The van der Waals surface area contributed by atoms with Gasteiger partial charge in [0.2, 0.25) is 0 Å². The summed E-state index contributed by atoms with van der Waals surface area (Å²) in [5.74, 6) is -1.44. The Morgan fingerprint density at radius 1 is 1.21 bits per heavy atom. The SMILES string of the molecule is O=C(Cc1c(F)cccc1F)CN1CCCNCC1. The molecule has 0 amide bonds. The number of nitrogens with zero attached hydrogens (tertiary/aromatic N) is 1. The third kappa shape index (κ3) is 4.08. The summed E-state index contributed by atoms with van der Waals surface area (Å²) < 4.78 is 26.9. The molecule has 0 aliphatic carbocycles. The van der Waals surface area contributed by atoms with Crippen LogP contribution in [0.1, 0.15) is 12.0 Å². The third-order valence-corrected chi connectivity index (χ3v) is 3.27. The van der Waals surface area contributed by atoms with Crippen molar-refractivity contribution in [3.05, 3.63) is 35.4 Å². The highest BCUT2D eigenvalue weighted by molar-refractivity contribution is 5.82. The van der Waals surface area contributed by atoms with Gasteiger partial charge in [-0.25, -0.2) is 8.78 Å². The number of carbonyl (C=O) groups is 1. The van der Waals surface area contributed by atoms with E-state index in [1.54, 1.807) is 0 Å². The average molecular weight is 268 g/mol. The van der Waals surface area contributed by atoms with Crippen LogP contribution in [0.4, 0.5) is 8.78 Å². The smallest absolute Gasteiger partial charge is 0.151 e. The van der Waals surface area contributed by atoms with Crippen LogP contribution >= 0.6 is 0 Å². The van der Waals surface area contributed by atoms with Gasteiger partial charge in [0.25, 0.3) is 0 Å². The minimum absolute atomic E-state index is 0.125. The van der Waals surface area contributed by atoms with Crippen LogP contribution in [0.25, 0.3) is 0 Å². The van der Waals surface area contributed by atoms with Gasteiger partial charge in [0.1, 0.15) is 11.6 Å². The zero-order valence-corrected chi connectivity index (χ0v) is 10.8. The fraction of sp³-hybridized carbons (Fsp3) is 0.500. The minimum Gasteiger partial charge on any atom is -0.315 e. The summed E-state index contributed by atoms with van der Waals surface area (Å²) in [6.45, 7) is 3.70. The van der Waals surface area contributed by atoms with Crippen molar-refractivity contribution in [1.29, 1.82) is 0 Å². The molecule has 0 spiro atoms. The Morgan fingerprint density at radius 2 is 1.95 bits per heavy atom. The first-order valence-corrected chi connectivity index (χ1v) is 6.54. The van der Waals surface area contributed by atoms with Gasteiger partial charge in [-0.1, -0.05) is 6.07 Å². The van der Waals surface area contributed by atoms with Gasteiger partial charge in [0, 0.05) is 25.1 Å². The highest BCUT2D eigenvalue weighted by atomic mass is 19.1. The predicted molar refractivity (Wildman–Crippen MR) is 69.0 cm³/mol. The van der Waals surface area contributed by atoms with Crippen molar-refractivity contribution < 1.29 is 13.6 Å². The number of nitrogens with one attached hydrogen (secondary N) is 1. The maximum absolute atomic E-state index is 13.4. The van der Waals surface area contributed by atoms with E-state index in [4.69, 9.17) is 0 Å². The van der Waals surface area contributed by atoms with E-state index in [-0.39, 0.29) is 24.3 Å². The lowest BCUT2D eigenvalue weighted by atomic mass is 10.1. The number of hydrogen-bond acceptors (Lipinski definition) is 3. The fourth-order valence-electron chi connectivity index (χ4n) is 2.26. The lowest BCUT2D eigenvalue weighted by Crippen LogP contribution is -2.33. The number of halogens is 2. The predicted octanol–water partition coefficient (Wildman–Crippen LogP) is 1.37. The minimum atomic E-state index is -0.647. The number of benzene rings is 1. The van der Waals surface area contributed by atoms with Crippen molar-refractivity contribution in [2.75, 3.05) is 32.7 Å². The van der Waals surface area contributed by atoms with E-state index in [1.165, 1.54) is 18.2 Å². The largest absolute Gasteiger partial charge is 0.315 e. The molecule has 0 aromatic heterocycles. The Labute approximate surface area is 111 Å². The normalized spacial score (nSPS) is 17.2. The van der Waals surface area contributed by atoms with Gasteiger partial charge < -0.3 is 5.32 Å². The number of hydrogen-bond donors (Lipinski definition) is 1. The Kier molecular flexibility index (Phi) is 4.99. The van der Waals surface area contributed by atoms with Crippen LogP contribution in [0.3, 0.4) is 0 Å². The van der Waals surface area contributed by atoms with Crippen LogP contribution in [-0.4, -0.2) is 43.4 Å². The molecule has 2 rings (SSSR count). The topological polar surface area (TPSA) is 32.3 Å². The Balaban J connectivity index is 1.93. The van der Waals surface area contributed by atoms with Gasteiger partial charge in [-0.2, -0.15) is 0 Å². The van der Waals surface area contributed by atoms with Crippen LogP contribution in [0.15, 0.2) is 18.2 Å². The summed E-state index contributed by atoms with van der Waals surface area (Å²) in [6.07, 6.45) is 0.809. The molecule has 0 bridgehead atoms. The van der Waals surface area contributed by atoms with Crippen molar-refractivity contribution in [3.8, 4) is 0 Å². The summed E-state index contributed by atoms with van der Waals surface area (Å²) in [4.78, 5) is 13.9. The van der Waals surface area contributed by atoms with Crippen LogP contribution < -0.4 is 5.32 Å². The van der Waals surface area contributed by atoms with Gasteiger partial charge in [-0.05, 0) is 31.6 Å². The molecular formula is C14H18F2N2O. The fourth-order valence-corrected chi connectivity index (χ4v) is 2.26. The lowest BCUT2D eigenvalue weighted by Gasteiger charge is -2.18. The van der Waals surface area contributed by atoms with E-state index in [0.717, 1.165) is 32.6 Å². The molecule has 1 N–H and O–H groups in total. The average Bonchev–Trinajstić information content (AvgIpc) is 2.63. The van der Waals surface area contributed by atoms with Crippen molar-refractivity contribution in [2.45, 2.75) is 12.8 Å². The second-order valence-corrected chi connectivity index (χ2v) is 4.80. The molecule has 0 atom stereocenters. The molecule has 0 radical (unpaired) electrons. The molecule has 1 saturated heterocycles. The monoisotopic (exact) mass is 268 g/mol. The third-order valence-electron chi connectivity index (χ3n) is 3.27. The first-order valence-electron chi connectivity index (χ1n) is 6.54. The summed E-state index contributed by atoms with van der Waals surface area (Å²) in [5.41, 5.74) is -0.125. The van der Waals surface area contributed by atoms with Gasteiger partial charge in [-0.15, -0.1) is 0 Å². The van der Waals surface area contributed by atoms with Crippen LogP contribution in [0.2, 0.25) is 0 Å². The standard InChI is InChI=1S/C14H18F2N2O/c15-13-3-1-4-14(16)12(13)9-11(19)10-18-7-2-5-17-6-8-18/h1,3-4,17H,2,5-10H2. The molecule has 104 valence electrons. The summed E-state index contributed by atoms with van der Waals surface area (Å²) >= 11 is 0. The lowest BCUT2D eigenvalue weighted by molar-refractivity contribution is -0.119. The molecule has 1 aromatic rings. The molecule has 0 unspecified atom stereocenters. The number of ketones is 1. The zero-order chi connectivity index (χ0) is 13.7. The molecule has 1 aromatic carbocycles. The first kappa shape index (κ1) is 14.1. The Hall–Kier alpha value is -1.33. The first-order chi connectivity index (χ1) is 9.16. The van der Waals surface area contributed by atoms with E-state index in [2.05, 4.69) is 5.32 Å². The molecule has 1 heterocycles. The van der Waals surface area contributed by atoms with Gasteiger partial charge in [0.15, 0.2) is 5.78 Å². The Morgan fingerprint density at radius 3 is 2.68 bits per heavy atom. The summed E-state index contributed by atoms with van der Waals surface area (Å²) in [5, 5.41) is 3.25. The Bertz CT molecular complexity index is 423. The molecule has 1 aliphatic heterocycles. The molecule has 0 saturated carbocycles. The summed E-state index contributed by atoms with van der Waals surface area (Å²) in [6, 6.07) is 3.67. The summed E-state index contributed by atoms with van der Waals surface area (Å²) in [7, 11) is 0. The highest BCUT2D eigenvalue weighted by Gasteiger charge is 2.16. The quantitative estimate of drug-likeness (QED) is 0.895. The number of rotatable bonds is 4. The van der Waals surface area contributed by atoms with E-state index in [9.17, 15) is 13.6 Å². The maximum Gasteiger partial charge on any atom is 0.151 e. The number of Topliss-reactive ketones (excluding diaryl/α,β-unsaturated/α-hetero) is 1. The number of carbonyl (C=O) groups excluding carboxylic acids is 1. The van der Waals surface area contributed by atoms with Crippen LogP contribution in [0.5, 0.6) is 0 Å². The molecule has 5 heteroatoms. The highest BCUT2D eigenvalue weighted by Crippen LogP contribution is 2.13. The molecule has 19 heavy (non-hydrogen) atoms. The van der Waals surface area contributed by atoms with Gasteiger partial charge in [-0.3, -0.25) is 9.69 Å². The molecular weight excluding hydrogens is 250 g/mol. The van der Waals surface area contributed by atoms with E-state index in [0.29, 0.717) is 0 Å². The van der Waals surface area contributed by atoms with E-state index < -0.39 is 11.6 Å². The zero-order valence-electron chi connectivity index (χ0n) is 10.8. The molecule has 1 fully saturated rings. The second kappa shape index (κ2) is 6.73. The van der Waals surface area contributed by atoms with Crippen LogP contribution in [0, 0.1) is 11.6 Å². The van der Waals surface area contributed by atoms with Crippen molar-refractivity contribution in [3.63, 3.8) is 0 Å². The van der Waals surface area contributed by atoms with Crippen molar-refractivity contribution in [2.24, 2.45) is 0 Å².